The number of aromatic amines is 1. The van der Waals surface area contributed by atoms with Crippen LogP contribution in [-0.4, -0.2) is 53.5 Å². The zero-order valence-electron chi connectivity index (χ0n) is 14.2. The van der Waals surface area contributed by atoms with E-state index in [1.807, 2.05) is 0 Å². The van der Waals surface area contributed by atoms with Crippen LogP contribution in [-0.2, 0) is 32.3 Å². The Labute approximate surface area is 147 Å². The van der Waals surface area contributed by atoms with Crippen LogP contribution in [0.3, 0.4) is 0 Å². The molecule has 1 aromatic heterocycles. The molecule has 0 aromatic carbocycles. The number of rotatable bonds is 4. The molecule has 0 amide bonds. The molecule has 4 rings (SSSR count). The number of aromatic nitrogens is 2. The SMILES string of the molecule is CC1(C)OC2[C@@H](COP3(=O)OCCO3)O[C@@H](n3ccc(=O)[nH]c3=O)[C@H]2O1. The molecule has 3 aliphatic heterocycles. The fraction of sp³-hybridized carbons (Fsp3) is 0.714. The molecule has 1 unspecified atom stereocenters. The number of hydrogen-bond donors (Lipinski definition) is 1. The molecule has 12 heteroatoms. The van der Waals surface area contributed by atoms with E-state index in [4.69, 9.17) is 27.8 Å². The standard InChI is InChI=1S/C14H19N2O9P/c1-14(2)24-10-8(7-22-26(19)20-5-6-21-26)23-12(11(10)25-14)16-4-3-9(17)15-13(16)18/h3-4,8,10-12H,5-7H2,1-2H3,(H,15,17,18)/t8-,10?,11+,12-/m1/s1. The molecule has 26 heavy (non-hydrogen) atoms. The molecule has 0 spiro atoms. The van der Waals surface area contributed by atoms with Crippen molar-refractivity contribution in [2.45, 2.75) is 44.2 Å². The van der Waals surface area contributed by atoms with Crippen LogP contribution in [0.5, 0.6) is 0 Å². The van der Waals surface area contributed by atoms with Gasteiger partial charge in [0.05, 0.1) is 19.8 Å². The number of H-pyrrole nitrogens is 1. The smallest absolute Gasteiger partial charge is 0.346 e. The summed E-state index contributed by atoms with van der Waals surface area (Å²) in [5.41, 5.74) is -1.15. The normalized spacial score (nSPS) is 34.8. The van der Waals surface area contributed by atoms with Crippen LogP contribution in [0.15, 0.2) is 21.9 Å². The van der Waals surface area contributed by atoms with E-state index in [-0.39, 0.29) is 19.8 Å². The number of phosphoric acid groups is 1. The van der Waals surface area contributed by atoms with Gasteiger partial charge in [-0.05, 0) is 13.8 Å². The lowest BCUT2D eigenvalue weighted by Gasteiger charge is -2.25. The first-order valence-electron chi connectivity index (χ1n) is 8.13. The number of phosphoric ester groups is 1. The fourth-order valence-electron chi connectivity index (χ4n) is 3.22. The summed E-state index contributed by atoms with van der Waals surface area (Å²) in [6, 6.07) is 1.21. The van der Waals surface area contributed by atoms with Crippen LogP contribution >= 0.6 is 7.82 Å². The molecule has 144 valence electrons. The largest absolute Gasteiger partial charge is 0.475 e. The first-order valence-corrected chi connectivity index (χ1v) is 9.59. The van der Waals surface area contributed by atoms with Crippen LogP contribution in [0.25, 0.3) is 0 Å². The van der Waals surface area contributed by atoms with E-state index >= 15 is 0 Å². The summed E-state index contributed by atoms with van der Waals surface area (Å²) in [4.78, 5) is 25.6. The zero-order chi connectivity index (χ0) is 18.5. The molecule has 0 saturated carbocycles. The Hall–Kier alpha value is -1.33. The van der Waals surface area contributed by atoms with Crippen molar-refractivity contribution in [1.82, 2.24) is 9.55 Å². The third-order valence-electron chi connectivity index (χ3n) is 4.23. The van der Waals surface area contributed by atoms with Crippen LogP contribution < -0.4 is 11.2 Å². The lowest BCUT2D eigenvalue weighted by atomic mass is 10.1. The van der Waals surface area contributed by atoms with Gasteiger partial charge >= 0.3 is 13.5 Å². The zero-order valence-corrected chi connectivity index (χ0v) is 15.0. The summed E-state index contributed by atoms with van der Waals surface area (Å²) in [5, 5.41) is 0. The molecule has 1 N–H and O–H groups in total. The predicted molar refractivity (Wildman–Crippen MR) is 84.5 cm³/mol. The highest BCUT2D eigenvalue weighted by Gasteiger charge is 2.56. The maximum absolute atomic E-state index is 12.1. The minimum atomic E-state index is -3.59. The molecule has 11 nitrogen and oxygen atoms in total. The average molecular weight is 390 g/mol. The molecule has 1 aromatic rings. The van der Waals surface area contributed by atoms with Crippen LogP contribution in [0.1, 0.15) is 20.1 Å². The van der Waals surface area contributed by atoms with Gasteiger partial charge in [-0.1, -0.05) is 0 Å². The highest BCUT2D eigenvalue weighted by molar-refractivity contribution is 7.48. The Morgan fingerprint density at radius 1 is 1.27 bits per heavy atom. The molecule has 3 fully saturated rings. The van der Waals surface area contributed by atoms with Gasteiger partial charge in [0.1, 0.15) is 18.3 Å². The Kier molecular flexibility index (Phi) is 4.43. The summed E-state index contributed by atoms with van der Waals surface area (Å²) < 4.78 is 46.2. The predicted octanol–water partition coefficient (Wildman–Crippen LogP) is 0.126. The van der Waals surface area contributed by atoms with Gasteiger partial charge in [-0.3, -0.25) is 27.9 Å². The Bertz CT molecular complexity index is 839. The third-order valence-corrected chi connectivity index (χ3v) is 5.69. The lowest BCUT2D eigenvalue weighted by Crippen LogP contribution is -2.37. The maximum Gasteiger partial charge on any atom is 0.475 e. The quantitative estimate of drug-likeness (QED) is 0.713. The lowest BCUT2D eigenvalue weighted by molar-refractivity contribution is -0.200. The number of fused-ring (bicyclic) bond motifs is 1. The second-order valence-electron chi connectivity index (χ2n) is 6.56. The van der Waals surface area contributed by atoms with Gasteiger partial charge in [-0.2, -0.15) is 0 Å². The second kappa shape index (κ2) is 6.38. The van der Waals surface area contributed by atoms with E-state index in [1.54, 1.807) is 13.8 Å². The molecular formula is C14H19N2O9P. The minimum absolute atomic E-state index is 0.132. The summed E-state index contributed by atoms with van der Waals surface area (Å²) in [7, 11) is -3.59. The average Bonchev–Trinajstić information content (AvgIpc) is 3.20. The van der Waals surface area contributed by atoms with Crippen molar-refractivity contribution in [3.63, 3.8) is 0 Å². The van der Waals surface area contributed by atoms with Crippen LogP contribution in [0, 0.1) is 0 Å². The van der Waals surface area contributed by atoms with Crippen molar-refractivity contribution in [2.75, 3.05) is 19.8 Å². The monoisotopic (exact) mass is 390 g/mol. The van der Waals surface area contributed by atoms with Gasteiger partial charge in [-0.15, -0.1) is 0 Å². The molecule has 4 heterocycles. The number of nitrogens with zero attached hydrogens (tertiary/aromatic N) is 1. The van der Waals surface area contributed by atoms with Crippen molar-refractivity contribution in [2.24, 2.45) is 0 Å². The number of nitrogens with one attached hydrogen (secondary N) is 1. The van der Waals surface area contributed by atoms with Gasteiger partial charge in [0, 0.05) is 12.3 Å². The Morgan fingerprint density at radius 2 is 1.96 bits per heavy atom. The van der Waals surface area contributed by atoms with Gasteiger partial charge < -0.3 is 14.2 Å². The molecular weight excluding hydrogens is 371 g/mol. The summed E-state index contributed by atoms with van der Waals surface area (Å²) >= 11 is 0. The third kappa shape index (κ3) is 3.31. The topological polar surface area (TPSA) is 127 Å². The van der Waals surface area contributed by atoms with Crippen molar-refractivity contribution < 1.29 is 32.3 Å². The molecule has 3 aliphatic rings. The summed E-state index contributed by atoms with van der Waals surface area (Å²) in [6.45, 7) is 3.72. The van der Waals surface area contributed by atoms with Gasteiger partial charge in [-0.25, -0.2) is 9.36 Å². The highest BCUT2D eigenvalue weighted by atomic mass is 31.2. The van der Waals surface area contributed by atoms with Crippen molar-refractivity contribution in [3.05, 3.63) is 33.1 Å². The minimum Gasteiger partial charge on any atom is -0.346 e. The molecule has 0 aliphatic carbocycles. The van der Waals surface area contributed by atoms with Crippen molar-refractivity contribution in [3.8, 4) is 0 Å². The number of ether oxygens (including phenoxy) is 3. The summed E-state index contributed by atoms with van der Waals surface area (Å²) in [5.74, 6) is -0.897. The fourth-order valence-corrected chi connectivity index (χ4v) is 4.37. The van der Waals surface area contributed by atoms with Crippen LogP contribution in [0.2, 0.25) is 0 Å². The molecule has 0 bridgehead atoms. The Morgan fingerprint density at radius 3 is 2.65 bits per heavy atom. The van der Waals surface area contributed by atoms with Gasteiger partial charge in [0.25, 0.3) is 5.56 Å². The summed E-state index contributed by atoms with van der Waals surface area (Å²) in [6.07, 6.45) is -1.38. The highest BCUT2D eigenvalue weighted by Crippen LogP contribution is 2.53. The van der Waals surface area contributed by atoms with E-state index in [2.05, 4.69) is 4.98 Å². The molecule has 4 atom stereocenters. The van der Waals surface area contributed by atoms with E-state index in [1.165, 1.54) is 16.8 Å². The second-order valence-corrected chi connectivity index (χ2v) is 8.23. The van der Waals surface area contributed by atoms with Crippen molar-refractivity contribution in [1.29, 1.82) is 0 Å². The first-order chi connectivity index (χ1) is 12.3. The van der Waals surface area contributed by atoms with E-state index in [0.717, 1.165) is 0 Å². The van der Waals surface area contributed by atoms with E-state index < -0.39 is 49.4 Å². The number of hydrogen-bond acceptors (Lipinski definition) is 9. The van der Waals surface area contributed by atoms with E-state index in [9.17, 15) is 14.2 Å². The van der Waals surface area contributed by atoms with Gasteiger partial charge in [0.15, 0.2) is 12.0 Å². The van der Waals surface area contributed by atoms with Crippen molar-refractivity contribution >= 4 is 7.82 Å². The molecule has 0 radical (unpaired) electrons. The van der Waals surface area contributed by atoms with Crippen LogP contribution in [0.4, 0.5) is 0 Å². The molecule has 3 saturated heterocycles. The Balaban J connectivity index is 1.57. The maximum atomic E-state index is 12.1. The first kappa shape index (κ1) is 18.1. The van der Waals surface area contributed by atoms with Gasteiger partial charge in [0.2, 0.25) is 0 Å². The van der Waals surface area contributed by atoms with E-state index in [0.29, 0.717) is 0 Å².